The molecule has 13 nitrogen and oxygen atoms in total. The Labute approximate surface area is 274 Å². The van der Waals surface area contributed by atoms with Gasteiger partial charge < -0.3 is 37.4 Å². The normalized spacial score (nSPS) is 16.9. The van der Waals surface area contributed by atoms with Gasteiger partial charge >= 0.3 is 5.97 Å². The van der Waals surface area contributed by atoms with Crippen LogP contribution < -0.4 is 27.4 Å². The highest BCUT2D eigenvalue weighted by atomic mass is 16.4. The molecule has 5 amide bonds. The number of nitrogens with zero attached hydrogens (tertiary/aromatic N) is 1. The summed E-state index contributed by atoms with van der Waals surface area (Å²) in [6, 6.07) is 12.9. The van der Waals surface area contributed by atoms with E-state index in [4.69, 9.17) is 11.5 Å². The lowest BCUT2D eigenvalue weighted by Crippen LogP contribution is -2.58. The summed E-state index contributed by atoms with van der Waals surface area (Å²) in [4.78, 5) is 78.5. The first-order chi connectivity index (χ1) is 22.3. The number of primary amides is 1. The lowest BCUT2D eigenvalue weighted by atomic mass is 10.0. The molecular formula is C34H46N6O7. The van der Waals surface area contributed by atoms with Crippen molar-refractivity contribution in [2.45, 2.75) is 89.0 Å². The molecule has 2 aromatic carbocycles. The van der Waals surface area contributed by atoms with Crippen molar-refractivity contribution in [1.29, 1.82) is 0 Å². The molecule has 0 aliphatic carbocycles. The standard InChI is InChI=1S/C34H46N6O7/c1-21(2)18-27(39-30(42)24(35)19-22-10-5-3-6-11-22)33(45)40-17-9-14-28(40)32(44)38-26(20-23-12-7-4-8-13-23)31(43)37-25(34(46)47)15-16-29(36)41/h3-8,10-13,21,24-28H,9,14-20,35H2,1-2H3,(H2,36,41)(H,37,43)(H,38,44)(H,39,42)(H,46,47)/t24-,25-,26-,27-,28-/m0/s1. The van der Waals surface area contributed by atoms with Crippen molar-refractivity contribution < 1.29 is 33.9 Å². The third-order valence-electron chi connectivity index (χ3n) is 8.01. The van der Waals surface area contributed by atoms with Crippen molar-refractivity contribution in [2.24, 2.45) is 17.4 Å². The van der Waals surface area contributed by atoms with E-state index in [9.17, 15) is 33.9 Å². The number of amides is 5. The molecule has 0 spiro atoms. The molecule has 0 aromatic heterocycles. The molecule has 1 fully saturated rings. The first-order valence-corrected chi connectivity index (χ1v) is 15.9. The second kappa shape index (κ2) is 17.8. The van der Waals surface area contributed by atoms with Crippen molar-refractivity contribution in [3.8, 4) is 0 Å². The van der Waals surface area contributed by atoms with Gasteiger partial charge in [0, 0.05) is 19.4 Å². The number of nitrogens with one attached hydrogen (secondary N) is 3. The minimum atomic E-state index is -1.40. The lowest BCUT2D eigenvalue weighted by Gasteiger charge is -2.31. The Morgan fingerprint density at radius 1 is 0.830 bits per heavy atom. The number of hydrogen-bond acceptors (Lipinski definition) is 7. The molecule has 1 aliphatic heterocycles. The second-order valence-electron chi connectivity index (χ2n) is 12.3. The molecule has 1 heterocycles. The van der Waals surface area contributed by atoms with Crippen LogP contribution >= 0.6 is 0 Å². The van der Waals surface area contributed by atoms with Gasteiger partial charge in [-0.3, -0.25) is 24.0 Å². The molecule has 47 heavy (non-hydrogen) atoms. The molecule has 1 aliphatic rings. The van der Waals surface area contributed by atoms with Gasteiger partial charge in [-0.15, -0.1) is 0 Å². The van der Waals surface area contributed by atoms with Crippen LogP contribution in [0.15, 0.2) is 60.7 Å². The Morgan fingerprint density at radius 2 is 1.40 bits per heavy atom. The van der Waals surface area contributed by atoms with Gasteiger partial charge in [0.05, 0.1) is 6.04 Å². The number of benzene rings is 2. The van der Waals surface area contributed by atoms with Gasteiger partial charge in [-0.25, -0.2) is 4.79 Å². The van der Waals surface area contributed by atoms with Crippen LogP contribution in [-0.2, 0) is 41.6 Å². The van der Waals surface area contributed by atoms with E-state index in [-0.39, 0.29) is 31.7 Å². The number of aliphatic carboxylic acids is 1. The van der Waals surface area contributed by atoms with Gasteiger partial charge in [-0.2, -0.15) is 0 Å². The maximum Gasteiger partial charge on any atom is 0.326 e. The molecule has 2 aromatic rings. The zero-order valence-corrected chi connectivity index (χ0v) is 26.9. The van der Waals surface area contributed by atoms with Crippen LogP contribution in [0.2, 0.25) is 0 Å². The smallest absolute Gasteiger partial charge is 0.326 e. The Kier molecular flexibility index (Phi) is 13.9. The van der Waals surface area contributed by atoms with Crippen molar-refractivity contribution in [1.82, 2.24) is 20.9 Å². The largest absolute Gasteiger partial charge is 0.480 e. The van der Waals surface area contributed by atoms with Gasteiger partial charge in [-0.1, -0.05) is 74.5 Å². The average molecular weight is 651 g/mol. The van der Waals surface area contributed by atoms with Gasteiger partial charge in [0.15, 0.2) is 0 Å². The summed E-state index contributed by atoms with van der Waals surface area (Å²) in [6.45, 7) is 4.12. The number of likely N-dealkylation sites (tertiary alicyclic amines) is 1. The summed E-state index contributed by atoms with van der Waals surface area (Å²) in [5, 5.41) is 17.6. The SMILES string of the molecule is CC(C)C[C@H](NC(=O)[C@@H](N)Cc1ccccc1)C(=O)N1CCC[C@H]1C(=O)N[C@@H](Cc1ccccc1)C(=O)N[C@@H](CCC(N)=O)C(=O)O. The highest BCUT2D eigenvalue weighted by Crippen LogP contribution is 2.21. The van der Waals surface area contributed by atoms with E-state index >= 15 is 0 Å². The fourth-order valence-electron chi connectivity index (χ4n) is 5.58. The van der Waals surface area contributed by atoms with Crippen LogP contribution in [0.4, 0.5) is 0 Å². The predicted molar refractivity (Wildman–Crippen MR) is 174 cm³/mol. The molecule has 0 bridgehead atoms. The van der Waals surface area contributed by atoms with E-state index in [1.807, 2.05) is 44.2 Å². The highest BCUT2D eigenvalue weighted by molar-refractivity contribution is 5.96. The minimum absolute atomic E-state index is 0.0418. The number of carboxylic acids is 1. The Hall–Kier alpha value is -4.78. The molecular weight excluding hydrogens is 604 g/mol. The van der Waals surface area contributed by atoms with Crippen LogP contribution in [0.25, 0.3) is 0 Å². The van der Waals surface area contributed by atoms with Gasteiger partial charge in [0.2, 0.25) is 29.5 Å². The molecule has 0 saturated carbocycles. The molecule has 13 heteroatoms. The third-order valence-corrected chi connectivity index (χ3v) is 8.01. The summed E-state index contributed by atoms with van der Waals surface area (Å²) in [5.41, 5.74) is 13.0. The van der Waals surface area contributed by atoms with Crippen LogP contribution in [0, 0.1) is 5.92 Å². The van der Waals surface area contributed by atoms with Crippen LogP contribution in [0.5, 0.6) is 0 Å². The molecule has 254 valence electrons. The lowest BCUT2D eigenvalue weighted by molar-refractivity contribution is -0.143. The topological polar surface area (TPSA) is 214 Å². The van der Waals surface area contributed by atoms with Crippen LogP contribution in [-0.4, -0.2) is 82.3 Å². The van der Waals surface area contributed by atoms with E-state index in [0.29, 0.717) is 31.2 Å². The Morgan fingerprint density at radius 3 is 1.96 bits per heavy atom. The summed E-state index contributed by atoms with van der Waals surface area (Å²) in [7, 11) is 0. The molecule has 5 atom stereocenters. The fourth-order valence-corrected chi connectivity index (χ4v) is 5.58. The molecule has 0 radical (unpaired) electrons. The fraction of sp³-hybridized carbons (Fsp3) is 0.471. The Bertz CT molecular complexity index is 1390. The van der Waals surface area contributed by atoms with E-state index in [1.165, 1.54) is 4.90 Å². The average Bonchev–Trinajstić information content (AvgIpc) is 3.53. The quantitative estimate of drug-likeness (QED) is 0.143. The number of carboxylic acid groups (broad SMARTS) is 1. The number of carbonyl (C=O) groups excluding carboxylic acids is 5. The van der Waals surface area contributed by atoms with Crippen molar-refractivity contribution in [3.63, 3.8) is 0 Å². The predicted octanol–water partition coefficient (Wildman–Crippen LogP) is 0.641. The first-order valence-electron chi connectivity index (χ1n) is 15.9. The number of nitrogens with two attached hydrogens (primary N) is 2. The van der Waals surface area contributed by atoms with Gasteiger partial charge in [0.25, 0.3) is 0 Å². The van der Waals surface area contributed by atoms with Crippen LogP contribution in [0.1, 0.15) is 57.1 Å². The first kappa shape index (κ1) is 36.7. The van der Waals surface area contributed by atoms with Crippen molar-refractivity contribution in [2.75, 3.05) is 6.54 Å². The van der Waals surface area contributed by atoms with Crippen molar-refractivity contribution in [3.05, 3.63) is 71.8 Å². The maximum absolute atomic E-state index is 13.9. The van der Waals surface area contributed by atoms with E-state index in [1.54, 1.807) is 30.3 Å². The van der Waals surface area contributed by atoms with Crippen molar-refractivity contribution >= 4 is 35.5 Å². The summed E-state index contributed by atoms with van der Waals surface area (Å²) < 4.78 is 0. The zero-order chi connectivity index (χ0) is 34.5. The second-order valence-corrected chi connectivity index (χ2v) is 12.3. The van der Waals surface area contributed by atoms with Gasteiger partial charge in [0.1, 0.15) is 24.2 Å². The number of rotatable bonds is 17. The molecule has 3 rings (SSSR count). The molecule has 1 saturated heterocycles. The van der Waals surface area contributed by atoms with E-state index < -0.39 is 65.7 Å². The number of hydrogen-bond donors (Lipinski definition) is 6. The van der Waals surface area contributed by atoms with Crippen LogP contribution in [0.3, 0.4) is 0 Å². The molecule has 0 unspecified atom stereocenters. The Balaban J connectivity index is 1.75. The van der Waals surface area contributed by atoms with Gasteiger partial charge in [-0.05, 0) is 49.1 Å². The zero-order valence-electron chi connectivity index (χ0n) is 26.9. The summed E-state index contributed by atoms with van der Waals surface area (Å²) in [6.07, 6.45) is 1.07. The minimum Gasteiger partial charge on any atom is -0.480 e. The third kappa shape index (κ3) is 11.5. The van der Waals surface area contributed by atoms with E-state index in [0.717, 1.165) is 5.56 Å². The molecule has 8 N–H and O–H groups in total. The van der Waals surface area contributed by atoms with E-state index in [2.05, 4.69) is 16.0 Å². The highest BCUT2D eigenvalue weighted by Gasteiger charge is 2.39. The monoisotopic (exact) mass is 650 g/mol. The summed E-state index contributed by atoms with van der Waals surface area (Å²) >= 11 is 0. The number of carbonyl (C=O) groups is 6. The summed E-state index contributed by atoms with van der Waals surface area (Å²) in [5.74, 6) is -4.25. The maximum atomic E-state index is 13.9.